The fraction of sp³-hybridized carbons (Fsp3) is 0.435. The summed E-state index contributed by atoms with van der Waals surface area (Å²) in [6.07, 6.45) is 0. The molecule has 1 amide bonds. The minimum Gasteiger partial charge on any atom is -0.493 e. The molecule has 0 saturated carbocycles. The van der Waals surface area contributed by atoms with E-state index in [0.717, 1.165) is 50.0 Å². The van der Waals surface area contributed by atoms with Crippen molar-refractivity contribution in [2.45, 2.75) is 20.4 Å². The van der Waals surface area contributed by atoms with E-state index in [1.807, 2.05) is 49.1 Å². The van der Waals surface area contributed by atoms with Gasteiger partial charge in [0.1, 0.15) is 12.3 Å². The lowest BCUT2D eigenvalue weighted by atomic mass is 10.1. The van der Waals surface area contributed by atoms with Crippen LogP contribution in [0.3, 0.4) is 0 Å². The molecule has 6 heteroatoms. The molecule has 0 atom stereocenters. The van der Waals surface area contributed by atoms with E-state index < -0.39 is 0 Å². The van der Waals surface area contributed by atoms with Gasteiger partial charge >= 0.3 is 0 Å². The third kappa shape index (κ3) is 5.87. The number of nitrogens with one attached hydrogen (secondary N) is 1. The molecule has 0 aromatic heterocycles. The standard InChI is InChI=1S/C23H30N2O4/c1-4-28-22-15-19(7-10-21(22)27-3)16-24-11-13-25(14-12-24)23(26)17-29-20-8-5-18(2)6-9-20/h5-10,15H,4,11-14,16-17H2,1-3H3/p+1. The average molecular weight is 400 g/mol. The summed E-state index contributed by atoms with van der Waals surface area (Å²) in [5.74, 6) is 2.33. The molecule has 3 rings (SSSR count). The Morgan fingerprint density at radius 2 is 1.76 bits per heavy atom. The number of hydrogen-bond donors (Lipinski definition) is 1. The van der Waals surface area contributed by atoms with E-state index >= 15 is 0 Å². The second-order valence-electron chi connectivity index (χ2n) is 7.33. The molecule has 0 bridgehead atoms. The number of hydrogen-bond acceptors (Lipinski definition) is 4. The van der Waals surface area contributed by atoms with Gasteiger partial charge in [0.2, 0.25) is 0 Å². The Hall–Kier alpha value is -2.73. The van der Waals surface area contributed by atoms with Crippen molar-refractivity contribution in [3.05, 3.63) is 53.6 Å². The normalized spacial score (nSPS) is 14.5. The minimum atomic E-state index is 0.0488. The van der Waals surface area contributed by atoms with Gasteiger partial charge in [-0.25, -0.2) is 0 Å². The lowest BCUT2D eigenvalue weighted by molar-refractivity contribution is -0.917. The van der Waals surface area contributed by atoms with Gasteiger partial charge in [0.25, 0.3) is 5.91 Å². The topological polar surface area (TPSA) is 52.4 Å². The van der Waals surface area contributed by atoms with Crippen LogP contribution in [0.15, 0.2) is 42.5 Å². The molecule has 156 valence electrons. The van der Waals surface area contributed by atoms with Crippen LogP contribution in [0.1, 0.15) is 18.1 Å². The summed E-state index contributed by atoms with van der Waals surface area (Å²) in [7, 11) is 1.65. The third-order valence-corrected chi connectivity index (χ3v) is 5.19. The number of aryl methyl sites for hydroxylation is 1. The second-order valence-corrected chi connectivity index (χ2v) is 7.33. The molecule has 1 heterocycles. The zero-order chi connectivity index (χ0) is 20.6. The predicted molar refractivity (Wildman–Crippen MR) is 112 cm³/mol. The van der Waals surface area contributed by atoms with Crippen molar-refractivity contribution in [1.29, 1.82) is 0 Å². The lowest BCUT2D eigenvalue weighted by Gasteiger charge is -2.32. The molecule has 1 aliphatic rings. The molecule has 1 fully saturated rings. The molecule has 29 heavy (non-hydrogen) atoms. The Labute approximate surface area is 173 Å². The Balaban J connectivity index is 1.47. The number of methoxy groups -OCH3 is 1. The molecule has 2 aromatic rings. The number of quaternary nitrogens is 1. The largest absolute Gasteiger partial charge is 0.493 e. The van der Waals surface area contributed by atoms with Crippen molar-refractivity contribution in [3.63, 3.8) is 0 Å². The summed E-state index contributed by atoms with van der Waals surface area (Å²) in [6.45, 7) is 8.95. The maximum atomic E-state index is 12.5. The van der Waals surface area contributed by atoms with Crippen LogP contribution in [0.4, 0.5) is 0 Å². The van der Waals surface area contributed by atoms with E-state index in [-0.39, 0.29) is 12.5 Å². The van der Waals surface area contributed by atoms with Crippen molar-refractivity contribution in [2.24, 2.45) is 0 Å². The Morgan fingerprint density at radius 3 is 2.41 bits per heavy atom. The summed E-state index contributed by atoms with van der Waals surface area (Å²) in [5.41, 5.74) is 2.39. The van der Waals surface area contributed by atoms with E-state index in [1.54, 1.807) is 7.11 Å². The fourth-order valence-electron chi connectivity index (χ4n) is 3.51. The number of carbonyl (C=O) groups excluding carboxylic acids is 1. The van der Waals surface area contributed by atoms with Crippen LogP contribution in [-0.2, 0) is 11.3 Å². The van der Waals surface area contributed by atoms with Gasteiger partial charge in [-0.1, -0.05) is 17.7 Å². The highest BCUT2D eigenvalue weighted by Crippen LogP contribution is 2.27. The lowest BCUT2D eigenvalue weighted by Crippen LogP contribution is -3.13. The molecule has 1 N–H and O–H groups in total. The van der Waals surface area contributed by atoms with Crippen LogP contribution in [0.2, 0.25) is 0 Å². The average Bonchev–Trinajstić information content (AvgIpc) is 2.74. The summed E-state index contributed by atoms with van der Waals surface area (Å²) in [4.78, 5) is 15.8. The first kappa shape index (κ1) is 21.0. The van der Waals surface area contributed by atoms with Crippen LogP contribution >= 0.6 is 0 Å². The van der Waals surface area contributed by atoms with Gasteiger partial charge in [-0.15, -0.1) is 0 Å². The summed E-state index contributed by atoms with van der Waals surface area (Å²) in [5, 5.41) is 0. The first-order valence-corrected chi connectivity index (χ1v) is 10.2. The van der Waals surface area contributed by atoms with Crippen LogP contribution in [0.25, 0.3) is 0 Å². The molecule has 0 radical (unpaired) electrons. The Kier molecular flexibility index (Phi) is 7.36. The van der Waals surface area contributed by atoms with Gasteiger partial charge in [-0.2, -0.15) is 0 Å². The SMILES string of the molecule is CCOc1cc(C[NH+]2CCN(C(=O)COc3ccc(C)cc3)CC2)ccc1OC. The fourth-order valence-corrected chi connectivity index (χ4v) is 3.51. The number of carbonyl (C=O) groups is 1. The van der Waals surface area contributed by atoms with Crippen molar-refractivity contribution in [3.8, 4) is 17.2 Å². The van der Waals surface area contributed by atoms with Crippen molar-refractivity contribution in [2.75, 3.05) is 46.5 Å². The third-order valence-electron chi connectivity index (χ3n) is 5.19. The number of piperazine rings is 1. The van der Waals surface area contributed by atoms with Crippen molar-refractivity contribution >= 4 is 5.91 Å². The molecule has 0 aliphatic carbocycles. The van der Waals surface area contributed by atoms with Crippen LogP contribution in [0, 0.1) is 6.92 Å². The first-order valence-electron chi connectivity index (χ1n) is 10.2. The molecule has 0 unspecified atom stereocenters. The molecular weight excluding hydrogens is 368 g/mol. The number of benzene rings is 2. The Bertz CT molecular complexity index is 799. The number of ether oxygens (including phenoxy) is 3. The quantitative estimate of drug-likeness (QED) is 0.734. The van der Waals surface area contributed by atoms with Crippen LogP contribution in [0.5, 0.6) is 17.2 Å². The van der Waals surface area contributed by atoms with Crippen molar-refractivity contribution < 1.29 is 23.9 Å². The predicted octanol–water partition coefficient (Wildman–Crippen LogP) is 1.71. The molecule has 1 saturated heterocycles. The summed E-state index contributed by atoms with van der Waals surface area (Å²) in [6, 6.07) is 13.9. The minimum absolute atomic E-state index is 0.0488. The number of nitrogens with zero attached hydrogens (tertiary/aromatic N) is 1. The molecular formula is C23H31N2O4+. The molecule has 6 nitrogen and oxygen atoms in total. The summed E-state index contributed by atoms with van der Waals surface area (Å²) >= 11 is 0. The van der Waals surface area contributed by atoms with E-state index in [4.69, 9.17) is 14.2 Å². The van der Waals surface area contributed by atoms with E-state index in [0.29, 0.717) is 6.61 Å². The van der Waals surface area contributed by atoms with Crippen molar-refractivity contribution in [1.82, 2.24) is 4.90 Å². The molecule has 0 spiro atoms. The number of rotatable bonds is 8. The number of amides is 1. The van der Waals surface area contributed by atoms with Gasteiger partial charge in [0.05, 0.1) is 39.9 Å². The van der Waals surface area contributed by atoms with Gasteiger partial charge in [0, 0.05) is 5.56 Å². The van der Waals surface area contributed by atoms with Gasteiger partial charge < -0.3 is 24.0 Å². The highest BCUT2D eigenvalue weighted by Gasteiger charge is 2.24. The Morgan fingerprint density at radius 1 is 1.03 bits per heavy atom. The van der Waals surface area contributed by atoms with E-state index in [2.05, 4.69) is 12.1 Å². The van der Waals surface area contributed by atoms with Crippen LogP contribution < -0.4 is 19.1 Å². The zero-order valence-electron chi connectivity index (χ0n) is 17.6. The van der Waals surface area contributed by atoms with Crippen LogP contribution in [-0.4, -0.2) is 57.3 Å². The van der Waals surface area contributed by atoms with Gasteiger partial charge in [0.15, 0.2) is 18.1 Å². The van der Waals surface area contributed by atoms with E-state index in [1.165, 1.54) is 16.0 Å². The second kappa shape index (κ2) is 10.2. The highest BCUT2D eigenvalue weighted by atomic mass is 16.5. The monoisotopic (exact) mass is 399 g/mol. The maximum Gasteiger partial charge on any atom is 0.260 e. The first-order chi connectivity index (χ1) is 14.1. The summed E-state index contributed by atoms with van der Waals surface area (Å²) < 4.78 is 16.7. The molecule has 2 aromatic carbocycles. The zero-order valence-corrected chi connectivity index (χ0v) is 17.6. The van der Waals surface area contributed by atoms with E-state index in [9.17, 15) is 4.79 Å². The smallest absolute Gasteiger partial charge is 0.260 e. The van der Waals surface area contributed by atoms with Gasteiger partial charge in [-0.05, 0) is 44.2 Å². The molecule has 1 aliphatic heterocycles. The maximum absolute atomic E-state index is 12.5. The highest BCUT2D eigenvalue weighted by molar-refractivity contribution is 5.77. The van der Waals surface area contributed by atoms with Gasteiger partial charge in [-0.3, -0.25) is 4.79 Å².